The molecule has 5 rings (SSSR count). The summed E-state index contributed by atoms with van der Waals surface area (Å²) in [6.07, 6.45) is 9.52. The van der Waals surface area contributed by atoms with E-state index in [0.717, 1.165) is 47.6 Å². The molecule has 29 heavy (non-hydrogen) atoms. The van der Waals surface area contributed by atoms with Crippen LogP contribution in [0.3, 0.4) is 0 Å². The zero-order valence-electron chi connectivity index (χ0n) is 17.7. The zero-order chi connectivity index (χ0) is 20.6. The number of nitrogens with one attached hydrogen (secondary N) is 2. The predicted molar refractivity (Wildman–Crippen MR) is 118 cm³/mol. The van der Waals surface area contributed by atoms with Gasteiger partial charge in [0, 0.05) is 10.4 Å². The molecule has 0 aromatic heterocycles. The molecule has 0 aliphatic heterocycles. The lowest BCUT2D eigenvalue weighted by Crippen LogP contribution is -2.62. The van der Waals surface area contributed by atoms with Crippen LogP contribution in [0, 0.1) is 17.8 Å². The Bertz CT molecular complexity index is 746. The van der Waals surface area contributed by atoms with Crippen molar-refractivity contribution < 1.29 is 9.59 Å². The lowest BCUT2D eigenvalue weighted by atomic mass is 9.53. The molecule has 4 fully saturated rings. The highest BCUT2D eigenvalue weighted by molar-refractivity contribution is 7.98. The smallest absolute Gasteiger partial charge is 0.238 e. The summed E-state index contributed by atoms with van der Waals surface area (Å²) in [4.78, 5) is 28.4. The average molecular weight is 416 g/mol. The molecule has 4 aliphatic rings. The number of benzene rings is 1. The molecule has 4 saturated carbocycles. The van der Waals surface area contributed by atoms with Gasteiger partial charge in [-0.2, -0.15) is 0 Å². The molecule has 0 heterocycles. The molecule has 5 nitrogen and oxygen atoms in total. The molecule has 158 valence electrons. The normalized spacial score (nSPS) is 31.0. The fourth-order valence-corrected chi connectivity index (χ4v) is 6.68. The average Bonchev–Trinajstić information content (AvgIpc) is 2.66. The fourth-order valence-electron chi connectivity index (χ4n) is 6.13. The first-order valence-electron chi connectivity index (χ1n) is 10.8. The van der Waals surface area contributed by atoms with Crippen LogP contribution in [0.4, 0.5) is 5.69 Å². The van der Waals surface area contributed by atoms with Crippen LogP contribution in [-0.4, -0.2) is 48.1 Å². The topological polar surface area (TPSA) is 61.4 Å². The molecule has 6 heteroatoms. The summed E-state index contributed by atoms with van der Waals surface area (Å²) < 4.78 is 0. The van der Waals surface area contributed by atoms with Crippen molar-refractivity contribution in [3.63, 3.8) is 0 Å². The molecule has 4 bridgehead atoms. The van der Waals surface area contributed by atoms with Gasteiger partial charge in [0.15, 0.2) is 0 Å². The Labute approximate surface area is 178 Å². The number of hydrogen-bond donors (Lipinski definition) is 2. The minimum Gasteiger partial charge on any atom is -0.349 e. The third-order valence-electron chi connectivity index (χ3n) is 7.24. The van der Waals surface area contributed by atoms with Gasteiger partial charge < -0.3 is 10.6 Å². The molecular weight excluding hydrogens is 382 g/mol. The molecule has 1 atom stereocenters. The largest absolute Gasteiger partial charge is 0.349 e. The van der Waals surface area contributed by atoms with Crippen molar-refractivity contribution in [3.05, 3.63) is 24.3 Å². The van der Waals surface area contributed by atoms with Crippen LogP contribution >= 0.6 is 11.8 Å². The highest BCUT2D eigenvalue weighted by Gasteiger charge is 2.51. The summed E-state index contributed by atoms with van der Waals surface area (Å²) in [5.74, 6) is 2.38. The number of thioether (sulfide) groups is 1. The molecule has 0 spiro atoms. The van der Waals surface area contributed by atoms with Gasteiger partial charge in [0.1, 0.15) is 0 Å². The van der Waals surface area contributed by atoms with Crippen molar-refractivity contribution in [1.82, 2.24) is 10.2 Å². The van der Waals surface area contributed by atoms with Crippen LogP contribution in [0.1, 0.15) is 45.4 Å². The minimum atomic E-state index is -0.329. The molecular formula is C23H33N3O2S. The molecule has 0 saturated heterocycles. The maximum atomic E-state index is 13.0. The van der Waals surface area contributed by atoms with E-state index in [2.05, 4.69) is 10.6 Å². The number of hydrogen-bond acceptors (Lipinski definition) is 4. The van der Waals surface area contributed by atoms with Crippen molar-refractivity contribution in [1.29, 1.82) is 0 Å². The first-order valence-corrected chi connectivity index (χ1v) is 12.0. The summed E-state index contributed by atoms with van der Waals surface area (Å²) in [5.41, 5.74) is 0.838. The van der Waals surface area contributed by atoms with E-state index in [-0.39, 0.29) is 29.9 Å². The maximum Gasteiger partial charge on any atom is 0.238 e. The molecule has 4 aliphatic carbocycles. The summed E-state index contributed by atoms with van der Waals surface area (Å²) >= 11 is 1.61. The zero-order valence-corrected chi connectivity index (χ0v) is 18.6. The quantitative estimate of drug-likeness (QED) is 0.666. The van der Waals surface area contributed by atoms with Gasteiger partial charge in [-0.1, -0.05) is 12.1 Å². The van der Waals surface area contributed by atoms with Gasteiger partial charge in [0.25, 0.3) is 0 Å². The number of carbonyl (C=O) groups excluding carboxylic acids is 2. The molecule has 1 aromatic carbocycles. The summed E-state index contributed by atoms with van der Waals surface area (Å²) in [5, 5.41) is 6.41. The van der Waals surface area contributed by atoms with Crippen LogP contribution in [-0.2, 0) is 9.59 Å². The first kappa shape index (κ1) is 20.7. The summed E-state index contributed by atoms with van der Waals surface area (Å²) in [6, 6.07) is 7.45. The van der Waals surface area contributed by atoms with Crippen molar-refractivity contribution in [2.24, 2.45) is 17.8 Å². The Morgan fingerprint density at radius 2 is 1.72 bits per heavy atom. The predicted octanol–water partition coefficient (Wildman–Crippen LogP) is 3.75. The van der Waals surface area contributed by atoms with E-state index in [1.165, 1.54) is 19.3 Å². The van der Waals surface area contributed by atoms with E-state index < -0.39 is 0 Å². The molecule has 1 aromatic rings. The standard InChI is InChI=1S/C23H33N3O2S/c1-15(26(2)14-21(27)24-19-6-4-5-7-20(19)29-3)22(28)25-23-11-16-8-17(12-23)10-18(9-16)13-23/h4-7,15-18H,8-14H2,1-3H3,(H,24,27)(H,25,28). The van der Waals surface area contributed by atoms with E-state index in [9.17, 15) is 9.59 Å². The minimum absolute atomic E-state index is 0.0144. The van der Waals surface area contributed by atoms with E-state index in [1.54, 1.807) is 11.8 Å². The number of amides is 2. The Kier molecular flexibility index (Phi) is 5.94. The van der Waals surface area contributed by atoms with Crippen molar-refractivity contribution in [3.8, 4) is 0 Å². The Morgan fingerprint density at radius 3 is 2.31 bits per heavy atom. The second kappa shape index (κ2) is 8.31. The number of anilines is 1. The number of para-hydroxylation sites is 1. The van der Waals surface area contributed by atoms with Gasteiger partial charge in [-0.3, -0.25) is 14.5 Å². The van der Waals surface area contributed by atoms with E-state index in [1.807, 2.05) is 49.4 Å². The highest BCUT2D eigenvalue weighted by atomic mass is 32.2. The monoisotopic (exact) mass is 415 g/mol. The fraction of sp³-hybridized carbons (Fsp3) is 0.652. The van der Waals surface area contributed by atoms with Crippen molar-refractivity contribution in [2.45, 2.75) is 61.9 Å². The van der Waals surface area contributed by atoms with Gasteiger partial charge in [-0.25, -0.2) is 0 Å². The van der Waals surface area contributed by atoms with Crippen LogP contribution in [0.5, 0.6) is 0 Å². The van der Waals surface area contributed by atoms with Crippen LogP contribution in [0.15, 0.2) is 29.2 Å². The lowest BCUT2D eigenvalue weighted by molar-refractivity contribution is -0.131. The van der Waals surface area contributed by atoms with Crippen molar-refractivity contribution >= 4 is 29.3 Å². The van der Waals surface area contributed by atoms with E-state index in [4.69, 9.17) is 0 Å². The SMILES string of the molecule is CSc1ccccc1NC(=O)CN(C)C(C)C(=O)NC12CC3CC(CC(C3)C1)C2. The third kappa shape index (κ3) is 4.48. The van der Waals surface area contributed by atoms with Gasteiger partial charge in [-0.05, 0) is 88.6 Å². The number of nitrogens with zero attached hydrogens (tertiary/aromatic N) is 1. The van der Waals surface area contributed by atoms with Gasteiger partial charge >= 0.3 is 0 Å². The molecule has 2 N–H and O–H groups in total. The van der Waals surface area contributed by atoms with Crippen LogP contribution in [0.2, 0.25) is 0 Å². The number of rotatable bonds is 7. The van der Waals surface area contributed by atoms with E-state index >= 15 is 0 Å². The maximum absolute atomic E-state index is 13.0. The van der Waals surface area contributed by atoms with Gasteiger partial charge in [0.05, 0.1) is 18.3 Å². The van der Waals surface area contributed by atoms with Crippen LogP contribution in [0.25, 0.3) is 0 Å². The summed E-state index contributed by atoms with van der Waals surface area (Å²) in [7, 11) is 1.85. The Balaban J connectivity index is 1.32. The summed E-state index contributed by atoms with van der Waals surface area (Å²) in [6.45, 7) is 2.09. The second-order valence-electron chi connectivity index (χ2n) is 9.53. The third-order valence-corrected chi connectivity index (χ3v) is 8.04. The second-order valence-corrected chi connectivity index (χ2v) is 10.4. The van der Waals surface area contributed by atoms with E-state index in [0.29, 0.717) is 0 Å². The molecule has 2 amide bonds. The number of likely N-dealkylation sites (N-methyl/N-ethyl adjacent to an activating group) is 1. The Morgan fingerprint density at radius 1 is 1.14 bits per heavy atom. The lowest BCUT2D eigenvalue weighted by Gasteiger charge is -2.57. The van der Waals surface area contributed by atoms with Crippen LogP contribution < -0.4 is 10.6 Å². The molecule has 0 radical (unpaired) electrons. The van der Waals surface area contributed by atoms with Gasteiger partial charge in [-0.15, -0.1) is 11.8 Å². The Hall–Kier alpha value is -1.53. The number of carbonyl (C=O) groups is 2. The van der Waals surface area contributed by atoms with Crippen molar-refractivity contribution in [2.75, 3.05) is 25.2 Å². The highest BCUT2D eigenvalue weighted by Crippen LogP contribution is 2.55. The molecule has 1 unspecified atom stereocenters. The van der Waals surface area contributed by atoms with Gasteiger partial charge in [0.2, 0.25) is 11.8 Å². The first-order chi connectivity index (χ1) is 13.9.